The van der Waals surface area contributed by atoms with Crippen molar-refractivity contribution in [3.05, 3.63) is 23.3 Å². The largest absolute Gasteiger partial charge is 0.115 e. The summed E-state index contributed by atoms with van der Waals surface area (Å²) >= 11 is 0. The van der Waals surface area contributed by atoms with Gasteiger partial charge in [-0.25, -0.2) is 0 Å². The molecule has 0 radical (unpaired) electrons. The average molecular weight is 120 g/mol. The predicted octanol–water partition coefficient (Wildman–Crippen LogP) is 2.53. The summed E-state index contributed by atoms with van der Waals surface area (Å²) < 4.78 is 0. The molecule has 0 atom stereocenters. The van der Waals surface area contributed by atoms with Crippen LogP contribution in [0.2, 0.25) is 0 Å². The summed E-state index contributed by atoms with van der Waals surface area (Å²) in [6, 6.07) is 0. The van der Waals surface area contributed by atoms with E-state index in [1.807, 2.05) is 32.9 Å². The molecule has 0 N–H and O–H groups in total. The summed E-state index contributed by atoms with van der Waals surface area (Å²) in [5, 5.41) is 0. The number of hydrogen-bond donors (Lipinski definition) is 0. The highest BCUT2D eigenvalue weighted by Crippen LogP contribution is 1.98. The normalized spacial score (nSPS) is 10.2. The molecule has 0 saturated carbocycles. The third-order valence-electron chi connectivity index (χ3n) is 0.922. The molecule has 0 amide bonds. The molecule has 0 bridgehead atoms. The van der Waals surface area contributed by atoms with Gasteiger partial charge in [0.15, 0.2) is 0 Å². The molecule has 0 spiro atoms. The molecule has 0 fully saturated rings. The highest BCUT2D eigenvalue weighted by Gasteiger charge is 1.81. The van der Waals surface area contributed by atoms with Gasteiger partial charge in [0, 0.05) is 5.57 Å². The Kier molecular flexibility index (Phi) is 3.55. The van der Waals surface area contributed by atoms with E-state index in [1.165, 1.54) is 5.57 Å². The molecule has 0 heterocycles. The average Bonchev–Trinajstić information content (AvgIpc) is 1.82. The second kappa shape index (κ2) is 3.97. The van der Waals surface area contributed by atoms with Gasteiger partial charge in [-0.05, 0) is 26.8 Å². The summed E-state index contributed by atoms with van der Waals surface area (Å²) in [6.07, 6.45) is 9.08. The molecule has 0 aliphatic carbocycles. The molecule has 0 heteroatoms. The van der Waals surface area contributed by atoms with Gasteiger partial charge in [-0.2, -0.15) is 0 Å². The first-order valence-corrected chi connectivity index (χ1v) is 2.98. The van der Waals surface area contributed by atoms with Crippen molar-refractivity contribution in [2.75, 3.05) is 0 Å². The molecule has 0 rings (SSSR count). The minimum atomic E-state index is 0.954. The van der Waals surface area contributed by atoms with Crippen molar-refractivity contribution in [3.63, 3.8) is 0 Å². The maximum atomic E-state index is 5.17. The highest BCUT2D eigenvalue weighted by molar-refractivity contribution is 5.36. The van der Waals surface area contributed by atoms with E-state index >= 15 is 0 Å². The van der Waals surface area contributed by atoms with Gasteiger partial charge in [0.25, 0.3) is 0 Å². The van der Waals surface area contributed by atoms with Crippen molar-refractivity contribution < 1.29 is 0 Å². The number of terminal acetylenes is 1. The van der Waals surface area contributed by atoms with Crippen molar-refractivity contribution in [2.45, 2.75) is 20.8 Å². The van der Waals surface area contributed by atoms with E-state index in [0.717, 1.165) is 5.57 Å². The maximum Gasteiger partial charge on any atom is 0.0199 e. The van der Waals surface area contributed by atoms with Crippen LogP contribution in [0, 0.1) is 12.3 Å². The number of hydrogen-bond acceptors (Lipinski definition) is 0. The lowest BCUT2D eigenvalue weighted by atomic mass is 10.2. The van der Waals surface area contributed by atoms with Gasteiger partial charge in [-0.1, -0.05) is 17.6 Å². The monoisotopic (exact) mass is 120 g/mol. The molecule has 0 aromatic heterocycles. The summed E-state index contributed by atoms with van der Waals surface area (Å²) in [6.45, 7) is 6.00. The fraction of sp³-hybridized carbons (Fsp3) is 0.333. The Bertz CT molecular complexity index is 171. The van der Waals surface area contributed by atoms with E-state index in [9.17, 15) is 0 Å². The zero-order valence-electron chi connectivity index (χ0n) is 6.23. The van der Waals surface area contributed by atoms with Crippen molar-refractivity contribution in [1.29, 1.82) is 0 Å². The van der Waals surface area contributed by atoms with Gasteiger partial charge < -0.3 is 0 Å². The van der Waals surface area contributed by atoms with E-state index in [4.69, 9.17) is 6.42 Å². The van der Waals surface area contributed by atoms with Gasteiger partial charge in [0.05, 0.1) is 0 Å². The highest BCUT2D eigenvalue weighted by atomic mass is 13.9. The smallest absolute Gasteiger partial charge is 0.0199 e. The van der Waals surface area contributed by atoms with Crippen LogP contribution in [0.15, 0.2) is 23.3 Å². The van der Waals surface area contributed by atoms with E-state index in [-0.39, 0.29) is 0 Å². The fourth-order valence-corrected chi connectivity index (χ4v) is 0.519. The Balaban J connectivity index is 4.24. The minimum Gasteiger partial charge on any atom is -0.115 e. The molecular weight excluding hydrogens is 108 g/mol. The van der Waals surface area contributed by atoms with Crippen LogP contribution >= 0.6 is 0 Å². The lowest BCUT2D eigenvalue weighted by Crippen LogP contribution is -1.70. The van der Waals surface area contributed by atoms with Crippen molar-refractivity contribution >= 4 is 0 Å². The van der Waals surface area contributed by atoms with Crippen molar-refractivity contribution in [3.8, 4) is 12.3 Å². The van der Waals surface area contributed by atoms with E-state index < -0.39 is 0 Å². The number of allylic oxidation sites excluding steroid dienone is 4. The van der Waals surface area contributed by atoms with E-state index in [1.54, 1.807) is 0 Å². The first-order valence-electron chi connectivity index (χ1n) is 2.98. The second-order valence-electron chi connectivity index (χ2n) is 2.11. The van der Waals surface area contributed by atoms with Crippen LogP contribution in [0.25, 0.3) is 0 Å². The molecular formula is C9H12. The molecule has 9 heavy (non-hydrogen) atoms. The van der Waals surface area contributed by atoms with Crippen molar-refractivity contribution in [1.82, 2.24) is 0 Å². The Morgan fingerprint density at radius 3 is 2.11 bits per heavy atom. The first kappa shape index (κ1) is 8.04. The van der Waals surface area contributed by atoms with Crippen LogP contribution in [0.1, 0.15) is 20.8 Å². The lowest BCUT2D eigenvalue weighted by molar-refractivity contribution is 1.38. The van der Waals surface area contributed by atoms with Crippen LogP contribution in [-0.2, 0) is 0 Å². The van der Waals surface area contributed by atoms with Crippen molar-refractivity contribution in [2.24, 2.45) is 0 Å². The van der Waals surface area contributed by atoms with Gasteiger partial charge in [-0.3, -0.25) is 0 Å². The third-order valence-corrected chi connectivity index (χ3v) is 0.922. The predicted molar refractivity (Wildman–Crippen MR) is 42.0 cm³/mol. The van der Waals surface area contributed by atoms with Crippen LogP contribution < -0.4 is 0 Å². The zero-order valence-corrected chi connectivity index (χ0v) is 6.23. The molecule has 0 unspecified atom stereocenters. The second-order valence-corrected chi connectivity index (χ2v) is 2.11. The summed E-state index contributed by atoms with van der Waals surface area (Å²) in [7, 11) is 0. The fourth-order valence-electron chi connectivity index (χ4n) is 0.519. The summed E-state index contributed by atoms with van der Waals surface area (Å²) in [5.41, 5.74) is 2.19. The Labute approximate surface area is 57.3 Å². The molecule has 0 aromatic carbocycles. The van der Waals surface area contributed by atoms with E-state index in [0.29, 0.717) is 0 Å². The molecule has 0 saturated heterocycles. The Morgan fingerprint density at radius 1 is 1.44 bits per heavy atom. The Hall–Kier alpha value is -0.960. The molecule has 48 valence electrons. The molecule has 0 aromatic rings. The Morgan fingerprint density at radius 2 is 2.00 bits per heavy atom. The molecule has 0 aliphatic rings. The van der Waals surface area contributed by atoms with Gasteiger partial charge in [0.2, 0.25) is 0 Å². The minimum absolute atomic E-state index is 0.954. The van der Waals surface area contributed by atoms with E-state index in [2.05, 4.69) is 5.92 Å². The lowest BCUT2D eigenvalue weighted by Gasteiger charge is -1.88. The molecule has 0 aliphatic heterocycles. The maximum absolute atomic E-state index is 5.17. The summed E-state index contributed by atoms with van der Waals surface area (Å²) in [5.74, 6) is 2.57. The van der Waals surface area contributed by atoms with Crippen LogP contribution in [0.3, 0.4) is 0 Å². The van der Waals surface area contributed by atoms with Crippen LogP contribution in [0.4, 0.5) is 0 Å². The standard InChI is InChI=1S/C9H12/c1-5-9(6-2)7-8(3)4/h1,6-7H,2-4H3. The number of rotatable bonds is 1. The molecule has 0 nitrogen and oxygen atoms in total. The summed E-state index contributed by atoms with van der Waals surface area (Å²) in [4.78, 5) is 0. The van der Waals surface area contributed by atoms with Crippen LogP contribution in [0.5, 0.6) is 0 Å². The van der Waals surface area contributed by atoms with Gasteiger partial charge >= 0.3 is 0 Å². The topological polar surface area (TPSA) is 0 Å². The van der Waals surface area contributed by atoms with Crippen LogP contribution in [-0.4, -0.2) is 0 Å². The van der Waals surface area contributed by atoms with Gasteiger partial charge in [-0.15, -0.1) is 6.42 Å². The first-order chi connectivity index (χ1) is 4.20. The SMILES string of the molecule is C#CC(C=C(C)C)=CC. The quantitative estimate of drug-likeness (QED) is 0.368. The third kappa shape index (κ3) is 3.61. The van der Waals surface area contributed by atoms with Gasteiger partial charge in [0.1, 0.15) is 0 Å². The zero-order chi connectivity index (χ0) is 7.28.